The van der Waals surface area contributed by atoms with Crippen LogP contribution in [0, 0.1) is 0 Å². The number of rotatable bonds is 12. The lowest BCUT2D eigenvalue weighted by molar-refractivity contribution is -0.150. The summed E-state index contributed by atoms with van der Waals surface area (Å²) in [6, 6.07) is -0.986. The molecule has 37 heavy (non-hydrogen) atoms. The number of nitrogens with zero attached hydrogens (tertiary/aromatic N) is 7. The average Bonchev–Trinajstić information content (AvgIpc) is 3.51. The van der Waals surface area contributed by atoms with Crippen LogP contribution < -0.4 is 11.1 Å². The van der Waals surface area contributed by atoms with E-state index >= 15 is 0 Å². The molecule has 0 radical (unpaired) electrons. The van der Waals surface area contributed by atoms with Gasteiger partial charge in [0.1, 0.15) is 29.4 Å². The summed E-state index contributed by atoms with van der Waals surface area (Å²) in [7, 11) is 0. The SMILES string of the molecule is C=CCn1nnnc1SCC1=C(C(=O)O)N2C(=O)C(NC(=O)/C(=N/OCCO)c3csc(N)n3)C2SC1. The number of β-lactam (4-membered cyclic amide) rings is 1. The van der Waals surface area contributed by atoms with Gasteiger partial charge >= 0.3 is 5.97 Å². The van der Waals surface area contributed by atoms with E-state index in [-0.39, 0.29) is 41.2 Å². The van der Waals surface area contributed by atoms with E-state index in [1.807, 2.05) is 0 Å². The van der Waals surface area contributed by atoms with Gasteiger partial charge in [-0.3, -0.25) is 14.5 Å². The molecule has 18 heteroatoms. The van der Waals surface area contributed by atoms with E-state index < -0.39 is 29.2 Å². The smallest absolute Gasteiger partial charge is 0.352 e. The van der Waals surface area contributed by atoms with Crippen LogP contribution in [0.3, 0.4) is 0 Å². The van der Waals surface area contributed by atoms with Gasteiger partial charge in [0.25, 0.3) is 11.8 Å². The zero-order chi connectivity index (χ0) is 26.5. The number of tetrazole rings is 1. The number of carboxylic acids is 1. The average molecular weight is 568 g/mol. The third kappa shape index (κ3) is 5.60. The fourth-order valence-corrected chi connectivity index (χ4v) is 6.36. The minimum absolute atomic E-state index is 0.123. The van der Waals surface area contributed by atoms with Crippen LogP contribution >= 0.6 is 34.9 Å². The molecule has 15 nitrogen and oxygen atoms in total. The number of amides is 2. The van der Waals surface area contributed by atoms with E-state index in [1.54, 1.807) is 6.08 Å². The molecule has 0 aromatic carbocycles. The lowest BCUT2D eigenvalue weighted by atomic mass is 10.0. The number of allylic oxidation sites excluding steroid dienone is 1. The quantitative estimate of drug-likeness (QED) is 0.0615. The van der Waals surface area contributed by atoms with Crippen LogP contribution in [0.15, 0.2) is 39.6 Å². The van der Waals surface area contributed by atoms with Gasteiger partial charge in [0.05, 0.1) is 13.2 Å². The lowest BCUT2D eigenvalue weighted by Gasteiger charge is -2.49. The topological polar surface area (TPSA) is 211 Å². The minimum atomic E-state index is -1.25. The summed E-state index contributed by atoms with van der Waals surface area (Å²) in [5, 5.41) is 38.1. The first kappa shape index (κ1) is 26.6. The number of nitrogens with one attached hydrogen (secondary N) is 1. The number of thioether (sulfide) groups is 2. The first-order valence-corrected chi connectivity index (χ1v) is 13.5. The summed E-state index contributed by atoms with van der Waals surface area (Å²) < 4.78 is 1.52. The molecule has 2 aromatic heterocycles. The molecule has 2 atom stereocenters. The van der Waals surface area contributed by atoms with Crippen molar-refractivity contribution < 1.29 is 29.4 Å². The van der Waals surface area contributed by atoms with Crippen LogP contribution in [0.1, 0.15) is 5.69 Å². The first-order chi connectivity index (χ1) is 17.8. The maximum atomic E-state index is 13.0. The summed E-state index contributed by atoms with van der Waals surface area (Å²) in [4.78, 5) is 48.2. The van der Waals surface area contributed by atoms with Crippen molar-refractivity contribution in [2.24, 2.45) is 5.16 Å². The van der Waals surface area contributed by atoms with Gasteiger partial charge in [-0.2, -0.15) is 0 Å². The van der Waals surface area contributed by atoms with Gasteiger partial charge < -0.3 is 26.1 Å². The molecule has 4 heterocycles. The predicted octanol–water partition coefficient (Wildman–Crippen LogP) is -0.858. The highest BCUT2D eigenvalue weighted by atomic mass is 32.2. The zero-order valence-electron chi connectivity index (χ0n) is 19.0. The number of thiazole rings is 1. The molecule has 2 aromatic rings. The van der Waals surface area contributed by atoms with Crippen molar-refractivity contribution in [3.8, 4) is 0 Å². The second-order valence-electron chi connectivity index (χ2n) is 7.41. The lowest BCUT2D eigenvalue weighted by Crippen LogP contribution is -2.71. The summed E-state index contributed by atoms with van der Waals surface area (Å²) in [6.07, 6.45) is 1.63. The number of hydrogen-bond donors (Lipinski definition) is 4. The molecular formula is C19H21N9O6S3. The molecule has 1 fully saturated rings. The third-order valence-corrected chi connectivity index (χ3v) is 8.09. The Balaban J connectivity index is 1.48. The molecule has 0 bridgehead atoms. The molecule has 196 valence electrons. The highest BCUT2D eigenvalue weighted by molar-refractivity contribution is 8.01. The Kier molecular flexibility index (Phi) is 8.41. The Morgan fingerprint density at radius 2 is 2.27 bits per heavy atom. The fourth-order valence-electron chi connectivity index (χ4n) is 3.44. The molecule has 2 aliphatic rings. The summed E-state index contributed by atoms with van der Waals surface area (Å²) in [5.41, 5.74) is 5.97. The number of aliphatic carboxylic acids is 1. The first-order valence-electron chi connectivity index (χ1n) is 10.6. The van der Waals surface area contributed by atoms with E-state index in [0.717, 1.165) is 11.3 Å². The number of nitrogens with two attached hydrogens (primary N) is 1. The highest BCUT2D eigenvalue weighted by Crippen LogP contribution is 2.41. The van der Waals surface area contributed by atoms with Gasteiger partial charge in [-0.15, -0.1) is 34.8 Å². The standard InChI is InChI=1S/C19H21N9O6S3/c1-2-3-27-19(23-25-26-27)37-7-9-6-35-16-12(15(31)28(16)13(9)17(32)33)22-14(30)11(24-34-5-4-29)10-8-36-18(20)21-10/h2,8,12,16,29H,1,3-7H2,(H2,20,21)(H,22,30)(H,32,33)/b24-11+. The number of aromatic nitrogens is 5. The van der Waals surface area contributed by atoms with Crippen molar-refractivity contribution in [3.05, 3.63) is 35.0 Å². The number of carbonyl (C=O) groups excluding carboxylic acids is 2. The van der Waals surface area contributed by atoms with E-state index in [1.165, 1.54) is 38.5 Å². The molecule has 0 spiro atoms. The summed E-state index contributed by atoms with van der Waals surface area (Å²) in [5.74, 6) is -2.00. The third-order valence-electron chi connectivity index (χ3n) is 5.03. The molecule has 2 unspecified atom stereocenters. The Labute approximate surface area is 221 Å². The van der Waals surface area contributed by atoms with Crippen molar-refractivity contribution in [1.82, 2.24) is 35.4 Å². The number of carboxylic acid groups (broad SMARTS) is 1. The van der Waals surface area contributed by atoms with Crippen LogP contribution in [0.25, 0.3) is 0 Å². The van der Waals surface area contributed by atoms with Crippen LogP contribution in [0.5, 0.6) is 0 Å². The number of hydrogen-bond acceptors (Lipinski definition) is 14. The molecule has 4 rings (SSSR count). The van der Waals surface area contributed by atoms with Gasteiger partial charge in [0.15, 0.2) is 10.8 Å². The number of anilines is 1. The molecule has 2 aliphatic heterocycles. The highest BCUT2D eigenvalue weighted by Gasteiger charge is 2.54. The second kappa shape index (κ2) is 11.7. The second-order valence-corrected chi connectivity index (χ2v) is 10.3. The maximum absolute atomic E-state index is 13.0. The normalized spacial score (nSPS) is 19.3. The minimum Gasteiger partial charge on any atom is -0.477 e. The fraction of sp³-hybridized carbons (Fsp3) is 0.368. The Bertz CT molecular complexity index is 1280. The number of aliphatic hydroxyl groups is 1. The van der Waals surface area contributed by atoms with Gasteiger partial charge in [-0.1, -0.05) is 23.0 Å². The maximum Gasteiger partial charge on any atom is 0.352 e. The van der Waals surface area contributed by atoms with Gasteiger partial charge in [0.2, 0.25) is 5.16 Å². The van der Waals surface area contributed by atoms with Crippen molar-refractivity contribution in [1.29, 1.82) is 0 Å². The Morgan fingerprint density at radius 3 is 2.95 bits per heavy atom. The van der Waals surface area contributed by atoms with E-state index in [0.29, 0.717) is 23.0 Å². The largest absolute Gasteiger partial charge is 0.477 e. The Hall–Kier alpha value is -3.48. The summed E-state index contributed by atoms with van der Waals surface area (Å²) >= 11 is 3.66. The molecule has 0 saturated carbocycles. The van der Waals surface area contributed by atoms with Gasteiger partial charge in [0, 0.05) is 16.9 Å². The molecule has 0 aliphatic carbocycles. The molecule has 1 saturated heterocycles. The van der Waals surface area contributed by atoms with Crippen LogP contribution in [0.2, 0.25) is 0 Å². The van der Waals surface area contributed by atoms with Gasteiger partial charge in [-0.25, -0.2) is 14.5 Å². The van der Waals surface area contributed by atoms with Crippen molar-refractivity contribution in [3.63, 3.8) is 0 Å². The number of nitrogen functional groups attached to an aromatic ring is 1. The molecule has 5 N–H and O–H groups in total. The van der Waals surface area contributed by atoms with Crippen molar-refractivity contribution in [2.75, 3.05) is 30.5 Å². The van der Waals surface area contributed by atoms with Gasteiger partial charge in [-0.05, 0) is 16.0 Å². The number of oxime groups is 1. The Morgan fingerprint density at radius 1 is 1.46 bits per heavy atom. The van der Waals surface area contributed by atoms with Crippen LogP contribution in [-0.2, 0) is 25.8 Å². The molecule has 2 amide bonds. The summed E-state index contributed by atoms with van der Waals surface area (Å²) in [6.45, 7) is 3.57. The number of carbonyl (C=O) groups is 3. The monoisotopic (exact) mass is 567 g/mol. The number of aliphatic hydroxyl groups excluding tert-OH is 1. The van der Waals surface area contributed by atoms with Crippen molar-refractivity contribution >= 4 is 63.5 Å². The zero-order valence-corrected chi connectivity index (χ0v) is 21.5. The predicted molar refractivity (Wildman–Crippen MR) is 135 cm³/mol. The van der Waals surface area contributed by atoms with E-state index in [2.05, 4.69) is 37.6 Å². The van der Waals surface area contributed by atoms with Crippen LogP contribution in [0.4, 0.5) is 5.13 Å². The van der Waals surface area contributed by atoms with E-state index in [9.17, 15) is 19.5 Å². The van der Waals surface area contributed by atoms with Crippen LogP contribution in [-0.4, -0.2) is 99.9 Å². The van der Waals surface area contributed by atoms with Crippen molar-refractivity contribution in [2.45, 2.75) is 23.1 Å². The van der Waals surface area contributed by atoms with E-state index in [4.69, 9.17) is 15.7 Å². The molecular weight excluding hydrogens is 546 g/mol. The number of fused-ring (bicyclic) bond motifs is 1.